The van der Waals surface area contributed by atoms with Gasteiger partial charge in [0.05, 0.1) is 0 Å². The van der Waals surface area contributed by atoms with Crippen LogP contribution < -0.4 is 21.7 Å². The number of nitrogens with zero attached hydrogens (tertiary/aromatic N) is 2. The largest absolute Gasteiger partial charge is 0.370 e. The predicted octanol–water partition coefficient (Wildman–Crippen LogP) is 2.32. The van der Waals surface area contributed by atoms with Crippen molar-refractivity contribution in [2.75, 3.05) is 11.9 Å². The number of hydrogen-bond donors (Lipinski definition) is 4. The highest BCUT2D eigenvalue weighted by molar-refractivity contribution is 6.01. The number of carbonyl (C=O) groups excluding carboxylic acids is 3. The number of benzene rings is 1. The fraction of sp³-hybridized carbons (Fsp3) is 0.227. The number of nitrogens with two attached hydrogens (primary N) is 1. The zero-order valence-electron chi connectivity index (χ0n) is 17.1. The smallest absolute Gasteiger partial charge is 0.320 e. The molecule has 0 atom stereocenters. The van der Waals surface area contributed by atoms with Gasteiger partial charge in [0.15, 0.2) is 0 Å². The van der Waals surface area contributed by atoms with Gasteiger partial charge >= 0.3 is 6.03 Å². The highest BCUT2D eigenvalue weighted by Crippen LogP contribution is 2.31. The van der Waals surface area contributed by atoms with Crippen LogP contribution in [-0.2, 0) is 16.1 Å². The van der Waals surface area contributed by atoms with Crippen LogP contribution >= 0.6 is 0 Å². The van der Waals surface area contributed by atoms with E-state index in [0.29, 0.717) is 12.4 Å². The van der Waals surface area contributed by atoms with Crippen LogP contribution in [0.1, 0.15) is 25.3 Å². The summed E-state index contributed by atoms with van der Waals surface area (Å²) >= 11 is 0. The van der Waals surface area contributed by atoms with E-state index >= 15 is 0 Å². The molecule has 0 aliphatic heterocycles. The van der Waals surface area contributed by atoms with E-state index in [1.165, 1.54) is 0 Å². The summed E-state index contributed by atoms with van der Waals surface area (Å²) in [5, 5.41) is 9.91. The molecular formula is C22H24N6O3. The molecule has 4 amide bonds. The molecule has 0 spiro atoms. The Labute approximate surface area is 179 Å². The first-order chi connectivity index (χ1) is 15.0. The van der Waals surface area contributed by atoms with E-state index in [4.69, 9.17) is 5.73 Å². The Balaban J connectivity index is 1.94. The molecule has 0 fully saturated rings. The maximum Gasteiger partial charge on any atom is 0.320 e. The number of pyridine rings is 2. The minimum atomic E-state index is -0.515. The van der Waals surface area contributed by atoms with Gasteiger partial charge in [0.1, 0.15) is 5.82 Å². The first-order valence-electron chi connectivity index (χ1n) is 9.89. The summed E-state index contributed by atoms with van der Waals surface area (Å²) < 4.78 is 0. The molecule has 0 unspecified atom stereocenters. The third kappa shape index (κ3) is 5.75. The van der Waals surface area contributed by atoms with Crippen LogP contribution in [0.2, 0.25) is 0 Å². The molecule has 0 bridgehead atoms. The van der Waals surface area contributed by atoms with Crippen molar-refractivity contribution in [2.45, 2.75) is 26.3 Å². The highest BCUT2D eigenvalue weighted by Gasteiger charge is 2.12. The fourth-order valence-corrected chi connectivity index (χ4v) is 3.14. The average Bonchev–Trinajstić information content (AvgIpc) is 2.76. The standard InChI is InChI=1S/C22H24N6O3/c1-2-25-22(31)28-20-11-17-16(14-7-9-24-10-8-14)4-3-15(18(17)13-26-20)12-27-21(30)6-5-19(23)29/h3-4,7-11,13H,2,5-6,12H2,1H3,(H2,23,29)(H,27,30)(H2,25,26,28,31). The van der Waals surface area contributed by atoms with Gasteiger partial charge in [-0.3, -0.25) is 19.9 Å². The molecule has 5 N–H and O–H groups in total. The molecule has 160 valence electrons. The molecule has 0 saturated carbocycles. The summed E-state index contributed by atoms with van der Waals surface area (Å²) in [5.74, 6) is -0.359. The molecule has 1 aromatic carbocycles. The van der Waals surface area contributed by atoms with Crippen LogP contribution in [0.15, 0.2) is 48.9 Å². The van der Waals surface area contributed by atoms with Crippen molar-refractivity contribution < 1.29 is 14.4 Å². The average molecular weight is 420 g/mol. The molecule has 3 rings (SSSR count). The van der Waals surface area contributed by atoms with Gasteiger partial charge in [-0.05, 0) is 47.2 Å². The van der Waals surface area contributed by atoms with Gasteiger partial charge in [-0.15, -0.1) is 0 Å². The summed E-state index contributed by atoms with van der Waals surface area (Å²) in [4.78, 5) is 43.2. The Bertz CT molecular complexity index is 1100. The number of fused-ring (bicyclic) bond motifs is 1. The van der Waals surface area contributed by atoms with Crippen LogP contribution in [0.25, 0.3) is 21.9 Å². The number of carbonyl (C=O) groups is 3. The summed E-state index contributed by atoms with van der Waals surface area (Å²) in [7, 11) is 0. The summed E-state index contributed by atoms with van der Waals surface area (Å²) in [6.07, 6.45) is 5.14. The zero-order chi connectivity index (χ0) is 22.2. The number of urea groups is 1. The second kappa shape index (κ2) is 10.1. The third-order valence-corrected chi connectivity index (χ3v) is 4.64. The second-order valence-corrected chi connectivity index (χ2v) is 6.85. The molecule has 0 aliphatic carbocycles. The number of rotatable bonds is 8. The van der Waals surface area contributed by atoms with Gasteiger partial charge in [-0.25, -0.2) is 9.78 Å². The van der Waals surface area contributed by atoms with Crippen LogP contribution in [-0.4, -0.2) is 34.4 Å². The number of amides is 4. The molecule has 0 radical (unpaired) electrons. The Morgan fingerprint density at radius 3 is 2.48 bits per heavy atom. The van der Waals surface area contributed by atoms with Crippen molar-refractivity contribution in [2.24, 2.45) is 5.73 Å². The molecule has 0 saturated heterocycles. The summed E-state index contributed by atoms with van der Waals surface area (Å²) in [6.45, 7) is 2.61. The minimum Gasteiger partial charge on any atom is -0.370 e. The third-order valence-electron chi connectivity index (χ3n) is 4.64. The van der Waals surface area contributed by atoms with Gasteiger partial charge in [0, 0.05) is 49.9 Å². The quantitative estimate of drug-likeness (QED) is 0.443. The Morgan fingerprint density at radius 1 is 1.00 bits per heavy atom. The van der Waals surface area contributed by atoms with Crippen LogP contribution in [0, 0.1) is 0 Å². The SMILES string of the molecule is CCNC(=O)Nc1cc2c(-c3ccncc3)ccc(CNC(=O)CCC(N)=O)c2cn1. The van der Waals surface area contributed by atoms with Gasteiger partial charge < -0.3 is 16.4 Å². The fourth-order valence-electron chi connectivity index (χ4n) is 3.14. The highest BCUT2D eigenvalue weighted by atomic mass is 16.2. The van der Waals surface area contributed by atoms with Crippen LogP contribution in [0.4, 0.5) is 10.6 Å². The van der Waals surface area contributed by atoms with E-state index in [1.54, 1.807) is 24.7 Å². The molecule has 2 heterocycles. The molecule has 31 heavy (non-hydrogen) atoms. The lowest BCUT2D eigenvalue weighted by Crippen LogP contribution is -2.28. The molecule has 2 aromatic heterocycles. The predicted molar refractivity (Wildman–Crippen MR) is 118 cm³/mol. The minimum absolute atomic E-state index is 0.00394. The molecule has 0 aliphatic rings. The van der Waals surface area contributed by atoms with Crippen LogP contribution in [0.3, 0.4) is 0 Å². The molecule has 9 nitrogen and oxygen atoms in total. The number of primary amides is 1. The summed E-state index contributed by atoms with van der Waals surface area (Å²) in [5.41, 5.74) is 7.87. The van der Waals surface area contributed by atoms with Crippen molar-refractivity contribution in [1.29, 1.82) is 0 Å². The van der Waals surface area contributed by atoms with Crippen molar-refractivity contribution in [3.8, 4) is 11.1 Å². The lowest BCUT2D eigenvalue weighted by atomic mass is 9.96. The monoisotopic (exact) mass is 420 g/mol. The Morgan fingerprint density at radius 2 is 1.77 bits per heavy atom. The van der Waals surface area contributed by atoms with E-state index in [0.717, 1.165) is 27.5 Å². The lowest BCUT2D eigenvalue weighted by Gasteiger charge is -2.14. The second-order valence-electron chi connectivity index (χ2n) is 6.85. The van der Waals surface area contributed by atoms with E-state index in [-0.39, 0.29) is 31.3 Å². The maximum atomic E-state index is 12.0. The number of hydrogen-bond acceptors (Lipinski definition) is 5. The lowest BCUT2D eigenvalue weighted by molar-refractivity contribution is -0.125. The van der Waals surface area contributed by atoms with E-state index < -0.39 is 5.91 Å². The first-order valence-corrected chi connectivity index (χ1v) is 9.89. The van der Waals surface area contributed by atoms with Gasteiger partial charge in [0.25, 0.3) is 0 Å². The van der Waals surface area contributed by atoms with Crippen molar-refractivity contribution in [3.05, 3.63) is 54.5 Å². The number of nitrogens with one attached hydrogen (secondary N) is 3. The topological polar surface area (TPSA) is 139 Å². The maximum absolute atomic E-state index is 12.0. The number of anilines is 1. The van der Waals surface area contributed by atoms with E-state index in [2.05, 4.69) is 25.9 Å². The Hall–Kier alpha value is -4.01. The van der Waals surface area contributed by atoms with Gasteiger partial charge in [0.2, 0.25) is 11.8 Å². The van der Waals surface area contributed by atoms with Gasteiger partial charge in [-0.2, -0.15) is 0 Å². The van der Waals surface area contributed by atoms with E-state index in [9.17, 15) is 14.4 Å². The molecular weight excluding hydrogens is 396 g/mol. The Kier molecular flexibility index (Phi) is 7.10. The van der Waals surface area contributed by atoms with Crippen LogP contribution in [0.5, 0.6) is 0 Å². The zero-order valence-corrected chi connectivity index (χ0v) is 17.1. The summed E-state index contributed by atoms with van der Waals surface area (Å²) in [6, 6.07) is 9.15. The normalized spacial score (nSPS) is 10.5. The number of aromatic nitrogens is 2. The van der Waals surface area contributed by atoms with E-state index in [1.807, 2.05) is 31.2 Å². The van der Waals surface area contributed by atoms with Gasteiger partial charge in [-0.1, -0.05) is 12.1 Å². The van der Waals surface area contributed by atoms with Crippen molar-refractivity contribution in [3.63, 3.8) is 0 Å². The molecule has 9 heteroatoms. The first kappa shape index (κ1) is 21.7. The van der Waals surface area contributed by atoms with Crippen molar-refractivity contribution >= 4 is 34.4 Å². The van der Waals surface area contributed by atoms with Crippen molar-refractivity contribution in [1.82, 2.24) is 20.6 Å². The molecule has 3 aromatic rings.